The summed E-state index contributed by atoms with van der Waals surface area (Å²) >= 11 is 0. The summed E-state index contributed by atoms with van der Waals surface area (Å²) in [6.45, 7) is 13.8. The number of benzene rings is 1. The summed E-state index contributed by atoms with van der Waals surface area (Å²) in [5.74, 6) is 1.61. The number of nitrogens with one attached hydrogen (secondary N) is 1. The lowest BCUT2D eigenvalue weighted by molar-refractivity contribution is -0.203. The van der Waals surface area contributed by atoms with Crippen molar-refractivity contribution in [1.82, 2.24) is 0 Å². The number of amides is 1. The quantitative estimate of drug-likeness (QED) is 0.406. The first kappa shape index (κ1) is 28.1. The van der Waals surface area contributed by atoms with Crippen molar-refractivity contribution in [2.45, 2.75) is 105 Å². The third-order valence-corrected chi connectivity index (χ3v) is 13.1. The highest BCUT2D eigenvalue weighted by Gasteiger charge is 2.67. The molecule has 5 aliphatic carbocycles. The van der Waals surface area contributed by atoms with Crippen molar-refractivity contribution >= 4 is 17.4 Å². The second kappa shape index (κ2) is 9.24. The molecule has 2 N–H and O–H groups in total. The topological polar surface area (TPSA) is 66.4 Å². The smallest absolute Gasteiger partial charge is 0.235 e. The van der Waals surface area contributed by atoms with Crippen molar-refractivity contribution in [2.75, 3.05) is 5.32 Å². The highest BCUT2D eigenvalue weighted by molar-refractivity contribution is 6.09. The van der Waals surface area contributed by atoms with E-state index in [0.29, 0.717) is 29.9 Å². The Kier molecular flexibility index (Phi) is 6.50. The summed E-state index contributed by atoms with van der Waals surface area (Å²) in [7, 11) is 0. The molecule has 0 radical (unpaired) electrons. The van der Waals surface area contributed by atoms with Crippen LogP contribution in [0.1, 0.15) is 99.3 Å². The number of ketones is 1. The molecule has 5 heteroatoms. The zero-order valence-electron chi connectivity index (χ0n) is 25.3. The SMILES string of the molecule is CC(C)C1=C2C3CCC4[C@@](C)(CCC5C(C)(C)[C@@H](O)CC[C@@]54C)C3CCC2(C(=O)Nc2ccc(F)cc2)CC1=O. The number of anilines is 1. The molecule has 40 heavy (non-hydrogen) atoms. The first-order valence-corrected chi connectivity index (χ1v) is 15.8. The molecule has 0 spiro atoms. The normalized spacial score (nSPS) is 42.1. The van der Waals surface area contributed by atoms with E-state index in [0.717, 1.165) is 56.1 Å². The van der Waals surface area contributed by atoms with Crippen LogP contribution in [0, 0.1) is 57.1 Å². The van der Waals surface area contributed by atoms with Gasteiger partial charge in [0.1, 0.15) is 5.82 Å². The van der Waals surface area contributed by atoms with Gasteiger partial charge in [-0.05, 0) is 133 Å². The number of carbonyl (C=O) groups is 2. The lowest BCUT2D eigenvalue weighted by Crippen LogP contribution is -2.62. The van der Waals surface area contributed by atoms with Gasteiger partial charge in [-0.1, -0.05) is 41.5 Å². The molecule has 8 atom stereocenters. The van der Waals surface area contributed by atoms with Crippen molar-refractivity contribution in [3.05, 3.63) is 41.2 Å². The van der Waals surface area contributed by atoms with E-state index in [1.54, 1.807) is 12.1 Å². The van der Waals surface area contributed by atoms with E-state index in [4.69, 9.17) is 0 Å². The maximum Gasteiger partial charge on any atom is 0.235 e. The van der Waals surface area contributed by atoms with Crippen LogP contribution in [0.25, 0.3) is 0 Å². The van der Waals surface area contributed by atoms with E-state index >= 15 is 0 Å². The average Bonchev–Trinajstić information content (AvgIpc) is 3.21. The van der Waals surface area contributed by atoms with Gasteiger partial charge in [0.05, 0.1) is 11.5 Å². The molecular formula is C35H48FNO3. The Morgan fingerprint density at radius 2 is 1.60 bits per heavy atom. The summed E-state index contributed by atoms with van der Waals surface area (Å²) < 4.78 is 13.6. The number of carbonyl (C=O) groups excluding carboxylic acids is 2. The first-order chi connectivity index (χ1) is 18.8. The van der Waals surface area contributed by atoms with E-state index in [2.05, 4.69) is 46.9 Å². The first-order valence-electron chi connectivity index (χ1n) is 15.8. The molecule has 0 bridgehead atoms. The Bertz CT molecular complexity index is 1250. The third-order valence-electron chi connectivity index (χ3n) is 13.1. The van der Waals surface area contributed by atoms with Gasteiger partial charge in [-0.3, -0.25) is 9.59 Å². The van der Waals surface area contributed by atoms with Crippen LogP contribution in [-0.2, 0) is 9.59 Å². The Labute approximate surface area is 239 Å². The molecule has 4 saturated carbocycles. The van der Waals surface area contributed by atoms with Gasteiger partial charge in [0.2, 0.25) is 5.91 Å². The van der Waals surface area contributed by atoms with Gasteiger partial charge in [-0.15, -0.1) is 0 Å². The summed E-state index contributed by atoms with van der Waals surface area (Å²) in [4.78, 5) is 27.8. The molecule has 4 fully saturated rings. The molecule has 0 aliphatic heterocycles. The van der Waals surface area contributed by atoms with Gasteiger partial charge >= 0.3 is 0 Å². The number of allylic oxidation sites excluding steroid dienone is 1. The molecule has 5 unspecified atom stereocenters. The van der Waals surface area contributed by atoms with Crippen LogP contribution < -0.4 is 5.32 Å². The van der Waals surface area contributed by atoms with E-state index in [1.807, 2.05) is 0 Å². The van der Waals surface area contributed by atoms with Gasteiger partial charge in [0.25, 0.3) is 0 Å². The molecule has 218 valence electrons. The van der Waals surface area contributed by atoms with Crippen molar-refractivity contribution in [1.29, 1.82) is 0 Å². The minimum atomic E-state index is -0.798. The lowest BCUT2D eigenvalue weighted by Gasteiger charge is -2.68. The lowest BCUT2D eigenvalue weighted by atomic mass is 9.36. The summed E-state index contributed by atoms with van der Waals surface area (Å²) in [6.07, 6.45) is 8.10. The Balaban J connectivity index is 1.38. The largest absolute Gasteiger partial charge is 0.393 e. The predicted molar refractivity (Wildman–Crippen MR) is 156 cm³/mol. The Morgan fingerprint density at radius 3 is 2.27 bits per heavy atom. The minimum absolute atomic E-state index is 0.0729. The van der Waals surface area contributed by atoms with Gasteiger partial charge < -0.3 is 10.4 Å². The minimum Gasteiger partial charge on any atom is -0.393 e. The average molecular weight is 550 g/mol. The van der Waals surface area contributed by atoms with Gasteiger partial charge in [-0.25, -0.2) is 4.39 Å². The fourth-order valence-electron chi connectivity index (χ4n) is 11.3. The van der Waals surface area contributed by atoms with Crippen LogP contribution in [0.15, 0.2) is 35.4 Å². The Hall–Kier alpha value is -2.01. The number of hydrogen-bond donors (Lipinski definition) is 2. The van der Waals surface area contributed by atoms with Gasteiger partial charge in [-0.2, -0.15) is 0 Å². The molecule has 0 aromatic heterocycles. The number of fused-ring (bicyclic) bond motifs is 7. The molecule has 1 aromatic carbocycles. The van der Waals surface area contributed by atoms with Crippen LogP contribution in [0.5, 0.6) is 0 Å². The molecule has 5 aliphatic rings. The third kappa shape index (κ3) is 3.78. The second-order valence-electron chi connectivity index (χ2n) is 15.5. The highest BCUT2D eigenvalue weighted by atomic mass is 19.1. The van der Waals surface area contributed by atoms with E-state index in [-0.39, 0.29) is 58.1 Å². The Morgan fingerprint density at radius 1 is 0.925 bits per heavy atom. The van der Waals surface area contributed by atoms with Crippen molar-refractivity contribution < 1.29 is 19.1 Å². The summed E-state index contributed by atoms with van der Waals surface area (Å²) in [5.41, 5.74) is 2.13. The fraction of sp³-hybridized carbons (Fsp3) is 0.714. The monoisotopic (exact) mass is 549 g/mol. The zero-order valence-corrected chi connectivity index (χ0v) is 25.3. The fourth-order valence-corrected chi connectivity index (χ4v) is 11.3. The maximum atomic E-state index is 14.1. The molecule has 0 saturated heterocycles. The van der Waals surface area contributed by atoms with Gasteiger partial charge in [0.15, 0.2) is 5.78 Å². The van der Waals surface area contributed by atoms with E-state index < -0.39 is 5.41 Å². The number of halogens is 1. The van der Waals surface area contributed by atoms with Gasteiger partial charge in [0, 0.05) is 12.1 Å². The summed E-state index contributed by atoms with van der Waals surface area (Å²) in [6, 6.07) is 5.94. The van der Waals surface area contributed by atoms with Crippen molar-refractivity contribution in [2.24, 2.45) is 51.2 Å². The maximum absolute atomic E-state index is 14.1. The van der Waals surface area contributed by atoms with E-state index in [1.165, 1.54) is 12.1 Å². The van der Waals surface area contributed by atoms with Crippen molar-refractivity contribution in [3.63, 3.8) is 0 Å². The highest BCUT2D eigenvalue weighted by Crippen LogP contribution is 2.72. The van der Waals surface area contributed by atoms with Crippen LogP contribution >= 0.6 is 0 Å². The number of aliphatic hydroxyl groups excluding tert-OH is 1. The van der Waals surface area contributed by atoms with Crippen LogP contribution in [0.2, 0.25) is 0 Å². The molecule has 1 amide bonds. The van der Waals surface area contributed by atoms with Crippen molar-refractivity contribution in [3.8, 4) is 0 Å². The second-order valence-corrected chi connectivity index (χ2v) is 15.5. The van der Waals surface area contributed by atoms with Crippen LogP contribution in [0.4, 0.5) is 10.1 Å². The number of rotatable bonds is 3. The number of Topliss-reactive ketones (excluding diaryl/α,β-unsaturated/α-hetero) is 1. The predicted octanol–water partition coefficient (Wildman–Crippen LogP) is 7.72. The number of hydrogen-bond acceptors (Lipinski definition) is 3. The van der Waals surface area contributed by atoms with Crippen LogP contribution in [-0.4, -0.2) is 22.9 Å². The molecule has 4 nitrogen and oxygen atoms in total. The van der Waals surface area contributed by atoms with E-state index in [9.17, 15) is 19.1 Å². The molecule has 0 heterocycles. The molecular weight excluding hydrogens is 501 g/mol. The van der Waals surface area contributed by atoms with Crippen LogP contribution in [0.3, 0.4) is 0 Å². The standard InChI is InChI=1S/C35H48FNO3/c1-20(2)29-25(38)19-35(31(40)37-22-9-7-21(36)8-10-22)18-13-24-23(30(29)35)11-12-27-33(24,5)16-14-26-32(3,4)28(39)15-17-34(26,27)6/h7-10,20,23-24,26-28,39H,11-19H2,1-6H3,(H,37,40)/t23?,24?,26?,27?,28-,33-,34-,35?/m0/s1. The zero-order chi connectivity index (χ0) is 28.8. The molecule has 1 aromatic rings. The number of aliphatic hydroxyl groups is 1. The molecule has 6 rings (SSSR count). The summed E-state index contributed by atoms with van der Waals surface area (Å²) in [5, 5.41) is 14.0.